The summed E-state index contributed by atoms with van der Waals surface area (Å²) in [4.78, 5) is 25.4. The van der Waals surface area contributed by atoms with Gasteiger partial charge in [-0.2, -0.15) is 0 Å². The van der Waals surface area contributed by atoms with Crippen LogP contribution in [0.25, 0.3) is 0 Å². The van der Waals surface area contributed by atoms with Crippen LogP contribution in [-0.4, -0.2) is 45.0 Å². The number of pyridine rings is 1. The van der Waals surface area contributed by atoms with Crippen molar-refractivity contribution in [3.05, 3.63) is 29.3 Å². The predicted octanol–water partition coefficient (Wildman–Crippen LogP) is 0.266. The van der Waals surface area contributed by atoms with Crippen molar-refractivity contribution in [2.75, 3.05) is 6.61 Å². The lowest BCUT2D eigenvalue weighted by Gasteiger charge is -2.16. The van der Waals surface area contributed by atoms with E-state index in [1.165, 1.54) is 0 Å². The third kappa shape index (κ3) is 3.97. The minimum atomic E-state index is -1.63. The van der Waals surface area contributed by atoms with Gasteiger partial charge in [0.1, 0.15) is 6.10 Å². The van der Waals surface area contributed by atoms with E-state index in [0.29, 0.717) is 6.20 Å². The van der Waals surface area contributed by atoms with Gasteiger partial charge in [-0.1, -0.05) is 0 Å². The van der Waals surface area contributed by atoms with Crippen molar-refractivity contribution in [3.8, 4) is 0 Å². The molecule has 1 heterocycles. The van der Waals surface area contributed by atoms with E-state index in [1.807, 2.05) is 0 Å². The summed E-state index contributed by atoms with van der Waals surface area (Å²) in [5.41, 5.74) is -0.932. The average Bonchev–Trinajstić information content (AvgIpc) is 2.38. The Bertz CT molecular complexity index is 507. The molecule has 7 nitrogen and oxygen atoms in total. The number of hydrogen-bond donors (Lipinski definition) is 3. The summed E-state index contributed by atoms with van der Waals surface area (Å²) in [5.74, 6) is -3.31. The molecule has 0 radical (unpaired) electrons. The number of aliphatic hydroxyl groups excluding tert-OH is 2. The van der Waals surface area contributed by atoms with Crippen LogP contribution in [0.4, 0.5) is 4.39 Å². The number of ether oxygens (including phenoxy) is 1. The topological polar surface area (TPSA) is 117 Å². The number of carbonyl (C=O) groups is 2. The van der Waals surface area contributed by atoms with Crippen molar-refractivity contribution in [1.82, 2.24) is 4.98 Å². The second kappa shape index (κ2) is 6.92. The summed E-state index contributed by atoms with van der Waals surface area (Å²) in [6.07, 6.45) is -3.03. The van der Waals surface area contributed by atoms with Crippen molar-refractivity contribution < 1.29 is 34.0 Å². The number of esters is 1. The Labute approximate surface area is 113 Å². The molecular formula is C12H14FNO6. The van der Waals surface area contributed by atoms with E-state index in [0.717, 1.165) is 6.07 Å². The molecule has 110 valence electrons. The van der Waals surface area contributed by atoms with Gasteiger partial charge in [0.15, 0.2) is 5.82 Å². The van der Waals surface area contributed by atoms with Crippen LogP contribution in [-0.2, 0) is 9.53 Å². The SMILES string of the molecule is CCOC(=O)CC(O)C(O)c1cc(C(=O)O)c(F)cn1. The monoisotopic (exact) mass is 287 g/mol. The zero-order valence-corrected chi connectivity index (χ0v) is 10.6. The minimum absolute atomic E-state index is 0.125. The molecule has 0 aromatic carbocycles. The van der Waals surface area contributed by atoms with Gasteiger partial charge in [0, 0.05) is 0 Å². The first-order chi connectivity index (χ1) is 9.36. The van der Waals surface area contributed by atoms with E-state index in [1.54, 1.807) is 6.92 Å². The number of nitrogens with zero attached hydrogens (tertiary/aromatic N) is 1. The second-order valence-electron chi connectivity index (χ2n) is 3.92. The molecule has 0 aliphatic heterocycles. The number of carboxylic acids is 1. The van der Waals surface area contributed by atoms with Gasteiger partial charge < -0.3 is 20.1 Å². The molecule has 2 unspecified atom stereocenters. The number of halogens is 1. The van der Waals surface area contributed by atoms with Crippen LogP contribution in [0.5, 0.6) is 0 Å². The van der Waals surface area contributed by atoms with Crippen LogP contribution in [0.15, 0.2) is 12.3 Å². The van der Waals surface area contributed by atoms with Crippen LogP contribution in [0, 0.1) is 5.82 Å². The minimum Gasteiger partial charge on any atom is -0.478 e. The van der Waals surface area contributed by atoms with Crippen molar-refractivity contribution in [3.63, 3.8) is 0 Å². The maximum atomic E-state index is 13.1. The summed E-state index contributed by atoms with van der Waals surface area (Å²) in [7, 11) is 0. The Morgan fingerprint density at radius 1 is 1.45 bits per heavy atom. The fourth-order valence-corrected chi connectivity index (χ4v) is 1.48. The van der Waals surface area contributed by atoms with Gasteiger partial charge in [0.2, 0.25) is 0 Å². The molecule has 0 bridgehead atoms. The van der Waals surface area contributed by atoms with Crippen LogP contribution in [0.2, 0.25) is 0 Å². The van der Waals surface area contributed by atoms with Crippen LogP contribution >= 0.6 is 0 Å². The second-order valence-corrected chi connectivity index (χ2v) is 3.92. The number of aliphatic hydroxyl groups is 2. The maximum Gasteiger partial charge on any atom is 0.338 e. The number of aromatic nitrogens is 1. The third-order valence-corrected chi connectivity index (χ3v) is 2.46. The number of aromatic carboxylic acids is 1. The first-order valence-electron chi connectivity index (χ1n) is 5.77. The zero-order chi connectivity index (χ0) is 15.3. The fourth-order valence-electron chi connectivity index (χ4n) is 1.48. The first kappa shape index (κ1) is 16.0. The molecule has 0 spiro atoms. The highest BCUT2D eigenvalue weighted by Gasteiger charge is 2.25. The van der Waals surface area contributed by atoms with E-state index in [-0.39, 0.29) is 12.3 Å². The Hall–Kier alpha value is -2.06. The van der Waals surface area contributed by atoms with Crippen molar-refractivity contribution in [2.24, 2.45) is 0 Å². The molecule has 0 aliphatic rings. The number of carboxylic acid groups (broad SMARTS) is 1. The fraction of sp³-hybridized carbons (Fsp3) is 0.417. The van der Waals surface area contributed by atoms with Gasteiger partial charge in [-0.15, -0.1) is 0 Å². The first-order valence-corrected chi connectivity index (χ1v) is 5.77. The highest BCUT2D eigenvalue weighted by atomic mass is 19.1. The Kier molecular flexibility index (Phi) is 5.53. The number of carbonyl (C=O) groups excluding carboxylic acids is 1. The third-order valence-electron chi connectivity index (χ3n) is 2.46. The van der Waals surface area contributed by atoms with E-state index in [4.69, 9.17) is 5.11 Å². The lowest BCUT2D eigenvalue weighted by atomic mass is 10.1. The molecular weight excluding hydrogens is 273 g/mol. The highest BCUT2D eigenvalue weighted by molar-refractivity contribution is 5.87. The molecule has 0 aliphatic carbocycles. The molecule has 1 aromatic heterocycles. The summed E-state index contributed by atoms with van der Waals surface area (Å²) < 4.78 is 17.7. The molecule has 1 aromatic rings. The Morgan fingerprint density at radius 3 is 2.65 bits per heavy atom. The van der Waals surface area contributed by atoms with Gasteiger partial charge in [0.25, 0.3) is 0 Å². The Balaban J connectivity index is 2.86. The lowest BCUT2D eigenvalue weighted by Crippen LogP contribution is -2.24. The molecule has 2 atom stereocenters. The van der Waals surface area contributed by atoms with Crippen LogP contribution in [0.3, 0.4) is 0 Å². The van der Waals surface area contributed by atoms with Crippen molar-refractivity contribution in [1.29, 1.82) is 0 Å². The molecule has 0 saturated heterocycles. The molecule has 0 amide bonds. The van der Waals surface area contributed by atoms with E-state index >= 15 is 0 Å². The van der Waals surface area contributed by atoms with Gasteiger partial charge >= 0.3 is 11.9 Å². The molecule has 8 heteroatoms. The zero-order valence-electron chi connectivity index (χ0n) is 10.6. The lowest BCUT2D eigenvalue weighted by molar-refractivity contribution is -0.147. The van der Waals surface area contributed by atoms with Crippen molar-refractivity contribution >= 4 is 11.9 Å². The normalized spacial score (nSPS) is 13.6. The summed E-state index contributed by atoms with van der Waals surface area (Å²) >= 11 is 0. The van der Waals surface area contributed by atoms with Gasteiger partial charge in [0.05, 0.1) is 36.6 Å². The van der Waals surface area contributed by atoms with Crippen LogP contribution < -0.4 is 0 Å². The smallest absolute Gasteiger partial charge is 0.338 e. The van der Waals surface area contributed by atoms with Crippen molar-refractivity contribution in [2.45, 2.75) is 25.6 Å². The van der Waals surface area contributed by atoms with Gasteiger partial charge in [-0.05, 0) is 13.0 Å². The Morgan fingerprint density at radius 2 is 2.10 bits per heavy atom. The van der Waals surface area contributed by atoms with Crippen LogP contribution in [0.1, 0.15) is 35.5 Å². The maximum absolute atomic E-state index is 13.1. The molecule has 0 saturated carbocycles. The highest BCUT2D eigenvalue weighted by Crippen LogP contribution is 2.19. The summed E-state index contributed by atoms with van der Waals surface area (Å²) in [6, 6.07) is 0.802. The summed E-state index contributed by atoms with van der Waals surface area (Å²) in [6.45, 7) is 1.71. The molecule has 3 N–H and O–H groups in total. The van der Waals surface area contributed by atoms with Gasteiger partial charge in [-0.3, -0.25) is 9.78 Å². The molecule has 0 fully saturated rings. The number of hydrogen-bond acceptors (Lipinski definition) is 6. The quantitative estimate of drug-likeness (QED) is 0.643. The average molecular weight is 287 g/mol. The molecule has 20 heavy (non-hydrogen) atoms. The number of rotatable bonds is 6. The van der Waals surface area contributed by atoms with E-state index in [9.17, 15) is 24.2 Å². The molecule has 1 rings (SSSR count). The summed E-state index contributed by atoms with van der Waals surface area (Å²) in [5, 5.41) is 28.1. The predicted molar refractivity (Wildman–Crippen MR) is 63.4 cm³/mol. The van der Waals surface area contributed by atoms with E-state index < -0.39 is 41.9 Å². The van der Waals surface area contributed by atoms with E-state index in [2.05, 4.69) is 9.72 Å². The van der Waals surface area contributed by atoms with Gasteiger partial charge in [-0.25, -0.2) is 9.18 Å². The largest absolute Gasteiger partial charge is 0.478 e. The standard InChI is InChI=1S/C12H14FNO6/c1-2-20-10(16)4-9(15)11(17)8-3-6(12(18)19)7(13)5-14-8/h3,5,9,11,15,17H,2,4H2,1H3,(H,18,19).